The van der Waals surface area contributed by atoms with Crippen LogP contribution in [0.3, 0.4) is 0 Å². The number of carbonyl (C=O) groups is 1. The first-order valence-corrected chi connectivity index (χ1v) is 17.1. The van der Waals surface area contributed by atoms with Gasteiger partial charge in [-0.15, -0.1) is 11.3 Å². The maximum atomic E-state index is 13.5. The van der Waals surface area contributed by atoms with Gasteiger partial charge in [0.05, 0.1) is 15.5 Å². The summed E-state index contributed by atoms with van der Waals surface area (Å²) in [5, 5.41) is 6.18. The van der Waals surface area contributed by atoms with Crippen LogP contribution >= 0.6 is 11.3 Å². The number of carbonyl (C=O) groups excluding carboxylic acids is 1. The van der Waals surface area contributed by atoms with Gasteiger partial charge in [0, 0.05) is 37.1 Å². The second-order valence-electron chi connectivity index (χ2n) is 10.6. The third-order valence-corrected chi connectivity index (χ3v) is 11.5. The van der Waals surface area contributed by atoms with Gasteiger partial charge in [0.15, 0.2) is 5.01 Å². The summed E-state index contributed by atoms with van der Waals surface area (Å²) in [6, 6.07) is 7.09. The zero-order valence-electron chi connectivity index (χ0n) is 22.6. The number of nitrogens with two attached hydrogens (primary N) is 1. The summed E-state index contributed by atoms with van der Waals surface area (Å²) in [5.74, 6) is 0.0510. The van der Waals surface area contributed by atoms with E-state index >= 15 is 0 Å². The van der Waals surface area contributed by atoms with E-state index in [0.717, 1.165) is 30.5 Å². The average molecular weight is 646 g/mol. The number of halogens is 3. The summed E-state index contributed by atoms with van der Waals surface area (Å²) < 4.78 is 91.7. The molecule has 228 valence electrons. The van der Waals surface area contributed by atoms with E-state index < -0.39 is 32.5 Å². The molecule has 0 spiro atoms. The molecule has 10 nitrogen and oxygen atoms in total. The number of benzene rings is 2. The zero-order chi connectivity index (χ0) is 30.4. The van der Waals surface area contributed by atoms with Crippen LogP contribution in [0.15, 0.2) is 41.3 Å². The van der Waals surface area contributed by atoms with Gasteiger partial charge in [-0.1, -0.05) is 49.6 Å². The van der Waals surface area contributed by atoms with Crippen molar-refractivity contribution in [3.63, 3.8) is 0 Å². The van der Waals surface area contributed by atoms with Crippen molar-refractivity contribution < 1.29 is 34.8 Å². The summed E-state index contributed by atoms with van der Waals surface area (Å²) in [4.78, 5) is 20.1. The lowest BCUT2D eigenvalue weighted by molar-refractivity contribution is -0.147. The molecule has 3 aromatic rings. The monoisotopic (exact) mass is 645 g/mol. The van der Waals surface area contributed by atoms with Gasteiger partial charge in [0.1, 0.15) is 6.04 Å². The van der Waals surface area contributed by atoms with Crippen LogP contribution in [0.2, 0.25) is 0 Å². The number of piperazine rings is 1. The van der Waals surface area contributed by atoms with E-state index in [1.165, 1.54) is 28.4 Å². The van der Waals surface area contributed by atoms with E-state index in [1.54, 1.807) is 29.0 Å². The molecule has 1 aliphatic carbocycles. The maximum Gasteiger partial charge on any atom is 0.404 e. The number of hydrogen-bond donors (Lipinski definition) is 2. The number of alkyl halides is 3. The Morgan fingerprint density at radius 2 is 1.71 bits per heavy atom. The molecule has 42 heavy (non-hydrogen) atoms. The number of fused-ring (bicyclic) bond motifs is 1. The molecule has 0 unspecified atom stereocenters. The standard InChI is InChI=1S/C26H30F3N5O5S3/c1-16(26(27,28)29)32-41(36,37)22-10-9-20(18-7-2-3-8-19(18)22)23-21(15-17-5-4-6-17)31-24(40-23)25(35)33-11-13-34(14-12-33)42(30,38)39/h2-3,7-10,16-17,32H,4-6,11-15H2,1H3,(H2,30,38,39)/t16-/m0/s1. The van der Waals surface area contributed by atoms with Crippen LogP contribution in [0.5, 0.6) is 0 Å². The topological polar surface area (TPSA) is 143 Å². The number of aromatic nitrogens is 1. The van der Waals surface area contributed by atoms with Crippen molar-refractivity contribution in [2.45, 2.75) is 49.7 Å². The van der Waals surface area contributed by atoms with Crippen LogP contribution in [0.1, 0.15) is 41.7 Å². The first-order valence-electron chi connectivity index (χ1n) is 13.3. The van der Waals surface area contributed by atoms with Crippen molar-refractivity contribution in [2.24, 2.45) is 11.1 Å². The van der Waals surface area contributed by atoms with Crippen LogP contribution in [-0.2, 0) is 26.7 Å². The number of sulfonamides is 1. The highest BCUT2D eigenvalue weighted by atomic mass is 32.2. The van der Waals surface area contributed by atoms with Crippen LogP contribution in [0.25, 0.3) is 21.2 Å². The van der Waals surface area contributed by atoms with E-state index in [-0.39, 0.29) is 47.4 Å². The van der Waals surface area contributed by atoms with Crippen molar-refractivity contribution in [1.29, 1.82) is 0 Å². The molecule has 1 aliphatic heterocycles. The van der Waals surface area contributed by atoms with Gasteiger partial charge >= 0.3 is 6.18 Å². The molecular formula is C26H30F3N5O5S3. The van der Waals surface area contributed by atoms with Crippen molar-refractivity contribution in [2.75, 3.05) is 26.2 Å². The fraction of sp³-hybridized carbons (Fsp3) is 0.462. The largest absolute Gasteiger partial charge is 0.404 e. The highest BCUT2D eigenvalue weighted by Gasteiger charge is 2.39. The predicted octanol–water partition coefficient (Wildman–Crippen LogP) is 3.50. The SMILES string of the molecule is C[C@H](NS(=O)(=O)c1ccc(-c2sc(C(=O)N3CCN(S(N)(=O)=O)CC3)nc2CC2CCC2)c2ccccc12)C(F)(F)F. The zero-order valence-corrected chi connectivity index (χ0v) is 25.0. The Morgan fingerprint density at radius 3 is 2.29 bits per heavy atom. The fourth-order valence-corrected chi connectivity index (χ4v) is 8.32. The smallest absolute Gasteiger partial charge is 0.334 e. The van der Waals surface area contributed by atoms with Crippen molar-refractivity contribution >= 4 is 48.2 Å². The lowest BCUT2D eigenvalue weighted by Gasteiger charge is -2.32. The fourth-order valence-electron chi connectivity index (χ4n) is 5.11. The molecule has 2 heterocycles. The maximum absolute atomic E-state index is 13.5. The Bertz CT molecular complexity index is 1710. The van der Waals surface area contributed by atoms with Crippen molar-refractivity contribution in [3.05, 3.63) is 47.1 Å². The number of amides is 1. The van der Waals surface area contributed by atoms with E-state index in [4.69, 9.17) is 10.1 Å². The van der Waals surface area contributed by atoms with Gasteiger partial charge in [-0.25, -0.2) is 18.5 Å². The summed E-state index contributed by atoms with van der Waals surface area (Å²) in [5.41, 5.74) is 1.32. The van der Waals surface area contributed by atoms with Crippen molar-refractivity contribution in [1.82, 2.24) is 18.9 Å². The molecule has 0 radical (unpaired) electrons. The Balaban J connectivity index is 1.52. The molecule has 2 aromatic carbocycles. The highest BCUT2D eigenvalue weighted by Crippen LogP contribution is 2.41. The van der Waals surface area contributed by atoms with Gasteiger partial charge in [-0.05, 0) is 30.7 Å². The molecule has 2 fully saturated rings. The van der Waals surface area contributed by atoms with Gasteiger partial charge in [-0.2, -0.15) is 30.6 Å². The summed E-state index contributed by atoms with van der Waals surface area (Å²) >= 11 is 1.17. The second kappa shape index (κ2) is 11.5. The minimum Gasteiger partial charge on any atom is -0.334 e. The summed E-state index contributed by atoms with van der Waals surface area (Å²) in [6.45, 7) is 1.19. The Kier molecular flexibility index (Phi) is 8.41. The van der Waals surface area contributed by atoms with Gasteiger partial charge in [-0.3, -0.25) is 4.79 Å². The van der Waals surface area contributed by atoms with Crippen LogP contribution in [0.4, 0.5) is 13.2 Å². The minimum absolute atomic E-state index is 0.0688. The Labute approximate surface area is 245 Å². The average Bonchev–Trinajstić information content (AvgIpc) is 3.32. The molecular weight excluding hydrogens is 616 g/mol. The van der Waals surface area contributed by atoms with E-state index in [2.05, 4.69) is 0 Å². The first kappa shape index (κ1) is 30.8. The lowest BCUT2D eigenvalue weighted by atomic mass is 9.81. The molecule has 1 aromatic heterocycles. The van der Waals surface area contributed by atoms with E-state index in [0.29, 0.717) is 33.9 Å². The molecule has 2 aliphatic rings. The summed E-state index contributed by atoms with van der Waals surface area (Å²) in [7, 11) is -8.39. The van der Waals surface area contributed by atoms with Crippen molar-refractivity contribution in [3.8, 4) is 10.4 Å². The number of nitrogens with one attached hydrogen (secondary N) is 1. The molecule has 0 bridgehead atoms. The Hall–Kier alpha value is -2.63. The van der Waals surface area contributed by atoms with Gasteiger partial charge in [0.25, 0.3) is 16.1 Å². The van der Waals surface area contributed by atoms with E-state index in [9.17, 15) is 34.8 Å². The molecule has 16 heteroatoms. The highest BCUT2D eigenvalue weighted by molar-refractivity contribution is 7.89. The van der Waals surface area contributed by atoms with Crippen LogP contribution in [-0.4, -0.2) is 75.3 Å². The molecule has 1 atom stereocenters. The van der Waals surface area contributed by atoms with Crippen LogP contribution < -0.4 is 9.86 Å². The molecule has 5 rings (SSSR count). The second-order valence-corrected chi connectivity index (χ2v) is 14.8. The molecule has 1 saturated carbocycles. The summed E-state index contributed by atoms with van der Waals surface area (Å²) in [6.07, 6.45) is -0.982. The number of nitrogens with zero attached hydrogens (tertiary/aromatic N) is 3. The number of hydrogen-bond acceptors (Lipinski definition) is 7. The predicted molar refractivity (Wildman–Crippen MR) is 153 cm³/mol. The van der Waals surface area contributed by atoms with Gasteiger partial charge in [0.2, 0.25) is 10.0 Å². The normalized spacial score (nSPS) is 18.3. The van der Waals surface area contributed by atoms with Gasteiger partial charge < -0.3 is 4.90 Å². The molecule has 1 saturated heterocycles. The lowest BCUT2D eigenvalue weighted by Crippen LogP contribution is -2.52. The number of thiazole rings is 1. The first-order chi connectivity index (χ1) is 19.6. The minimum atomic E-state index is -4.75. The Morgan fingerprint density at radius 1 is 1.07 bits per heavy atom. The quantitative estimate of drug-likeness (QED) is 0.384. The van der Waals surface area contributed by atoms with Crippen LogP contribution in [0, 0.1) is 5.92 Å². The molecule has 1 amide bonds. The van der Waals surface area contributed by atoms with E-state index in [1.807, 2.05) is 0 Å². The third kappa shape index (κ3) is 6.33. The molecule has 3 N–H and O–H groups in total. The number of rotatable bonds is 8. The third-order valence-electron chi connectivity index (χ3n) is 7.71.